The molecule has 228 valence electrons. The molecule has 0 aromatic carbocycles. The van der Waals surface area contributed by atoms with Crippen LogP contribution >= 0.6 is 0 Å². The third-order valence-corrected chi connectivity index (χ3v) is 9.23. The fraction of sp³-hybridized carbons (Fsp3) is 0.792. The van der Waals surface area contributed by atoms with Crippen LogP contribution in [0, 0.1) is 0 Å². The second kappa shape index (κ2) is 12.9. The molecule has 1 aromatic rings. The van der Waals surface area contributed by atoms with Gasteiger partial charge in [-0.2, -0.15) is 0 Å². The fourth-order valence-corrected chi connectivity index (χ4v) is 6.76. The summed E-state index contributed by atoms with van der Waals surface area (Å²) in [5.74, 6) is 0. The number of nitrogens with two attached hydrogens (primary N) is 3. The summed E-state index contributed by atoms with van der Waals surface area (Å²) >= 11 is 0. The van der Waals surface area contributed by atoms with Crippen LogP contribution in [-0.2, 0) is 29.0 Å². The molecule has 0 bridgehead atoms. The molecule has 0 radical (unpaired) electrons. The Bertz CT molecular complexity index is 1070. The number of nitrogens with one attached hydrogen (secondary N) is 2. The van der Waals surface area contributed by atoms with Crippen molar-refractivity contribution in [3.63, 3.8) is 0 Å². The molecule has 3 aliphatic rings. The number of aromatic nitrogens is 1. The number of sulfonamides is 1. The maximum absolute atomic E-state index is 13.2. The van der Waals surface area contributed by atoms with Crippen molar-refractivity contribution in [3.8, 4) is 0 Å². The van der Waals surface area contributed by atoms with E-state index < -0.39 is 76.8 Å². The van der Waals surface area contributed by atoms with Gasteiger partial charge in [0.15, 0.2) is 12.6 Å². The zero-order valence-electron chi connectivity index (χ0n) is 22.6. The summed E-state index contributed by atoms with van der Waals surface area (Å²) < 4.78 is 52.6. The summed E-state index contributed by atoms with van der Waals surface area (Å²) in [5.41, 5.74) is 17.0. The Morgan fingerprint density at radius 2 is 1.88 bits per heavy atom. The number of aliphatic hydroxyl groups excluding tert-OH is 2. The van der Waals surface area contributed by atoms with Gasteiger partial charge in [-0.05, 0) is 45.4 Å². The van der Waals surface area contributed by atoms with Crippen LogP contribution in [-0.4, -0.2) is 122 Å². The summed E-state index contributed by atoms with van der Waals surface area (Å²) in [7, 11) is -2.54. The lowest BCUT2D eigenvalue weighted by Crippen LogP contribution is -2.69. The number of aliphatic hydroxyl groups is 3. The Labute approximate surface area is 233 Å². The van der Waals surface area contributed by atoms with E-state index in [-0.39, 0.29) is 30.6 Å². The van der Waals surface area contributed by atoms with Gasteiger partial charge in [0.05, 0.1) is 30.8 Å². The standard InChI is InChI=1S/C24H42N6O9S/c1-24(33)11-36-23(18(32)21(24)28-2)39-20-16(30-40(34,35)13-4-3-7-29-10-13)8-15(27)19(17(20)31)38-22-14(26)6-5-12(9-25)37-22/h3-4,7,10,12,14-23,28,30-33H,5-6,8-9,11,25-27H2,1-2H3/t12-,14+,15+,16+,17+,18-,19-,20+,21-,22+,23+,24-/m0/s1. The monoisotopic (exact) mass is 590 g/mol. The first-order chi connectivity index (χ1) is 18.9. The molecule has 0 unspecified atom stereocenters. The van der Waals surface area contributed by atoms with Crippen LogP contribution in [0.3, 0.4) is 0 Å². The minimum absolute atomic E-state index is 0.00977. The first-order valence-electron chi connectivity index (χ1n) is 13.3. The van der Waals surface area contributed by atoms with Crippen molar-refractivity contribution in [3.05, 3.63) is 24.5 Å². The zero-order chi connectivity index (χ0) is 29.2. The van der Waals surface area contributed by atoms with Gasteiger partial charge in [-0.1, -0.05) is 0 Å². The highest BCUT2D eigenvalue weighted by atomic mass is 32.2. The molecule has 2 aliphatic heterocycles. The molecule has 3 fully saturated rings. The molecule has 11 N–H and O–H groups in total. The second-order valence-electron chi connectivity index (χ2n) is 10.9. The summed E-state index contributed by atoms with van der Waals surface area (Å²) in [4.78, 5) is 3.77. The smallest absolute Gasteiger partial charge is 0.242 e. The van der Waals surface area contributed by atoms with Crippen LogP contribution < -0.4 is 27.2 Å². The summed E-state index contributed by atoms with van der Waals surface area (Å²) in [6.45, 7) is 1.57. The molecular formula is C24H42N6O9S. The molecule has 0 amide bonds. The minimum atomic E-state index is -4.11. The van der Waals surface area contributed by atoms with Gasteiger partial charge in [-0.3, -0.25) is 4.98 Å². The number of pyridine rings is 1. The van der Waals surface area contributed by atoms with E-state index in [2.05, 4.69) is 15.0 Å². The number of ether oxygens (including phenoxy) is 4. The number of likely N-dealkylation sites (N-methyl/N-ethyl adjacent to an activating group) is 1. The van der Waals surface area contributed by atoms with E-state index in [4.69, 9.17) is 36.1 Å². The lowest BCUT2D eigenvalue weighted by molar-refractivity contribution is -0.307. The largest absolute Gasteiger partial charge is 0.388 e. The van der Waals surface area contributed by atoms with Gasteiger partial charge in [0.1, 0.15) is 34.9 Å². The molecule has 4 rings (SSSR count). The Kier molecular flexibility index (Phi) is 10.1. The zero-order valence-corrected chi connectivity index (χ0v) is 23.4. The molecular weight excluding hydrogens is 548 g/mol. The molecule has 16 heteroatoms. The van der Waals surface area contributed by atoms with Crippen LogP contribution in [0.1, 0.15) is 26.2 Å². The number of hydrogen-bond acceptors (Lipinski definition) is 14. The number of hydrogen-bond donors (Lipinski definition) is 8. The van der Waals surface area contributed by atoms with E-state index in [0.29, 0.717) is 12.8 Å². The number of nitrogens with zero attached hydrogens (tertiary/aromatic N) is 1. The van der Waals surface area contributed by atoms with Crippen molar-refractivity contribution >= 4 is 10.0 Å². The van der Waals surface area contributed by atoms with E-state index >= 15 is 0 Å². The summed E-state index contributed by atoms with van der Waals surface area (Å²) in [6.07, 6.45) is -3.86. The molecule has 15 nitrogen and oxygen atoms in total. The second-order valence-corrected chi connectivity index (χ2v) is 12.6. The Morgan fingerprint density at radius 1 is 1.15 bits per heavy atom. The van der Waals surface area contributed by atoms with Gasteiger partial charge in [0.2, 0.25) is 10.0 Å². The van der Waals surface area contributed by atoms with Crippen molar-refractivity contribution in [2.45, 2.75) is 104 Å². The van der Waals surface area contributed by atoms with E-state index in [1.54, 1.807) is 7.05 Å². The molecule has 12 atom stereocenters. The Balaban J connectivity index is 1.59. The van der Waals surface area contributed by atoms with Gasteiger partial charge in [0, 0.05) is 25.0 Å². The van der Waals surface area contributed by atoms with Crippen LogP contribution in [0.15, 0.2) is 29.4 Å². The summed E-state index contributed by atoms with van der Waals surface area (Å²) in [6, 6.07) is -0.391. The van der Waals surface area contributed by atoms with E-state index in [0.717, 1.165) is 0 Å². The average molecular weight is 591 g/mol. The van der Waals surface area contributed by atoms with Crippen molar-refractivity contribution < 1.29 is 42.7 Å². The van der Waals surface area contributed by atoms with Crippen LogP contribution in [0.5, 0.6) is 0 Å². The molecule has 1 saturated carbocycles. The molecule has 3 heterocycles. The van der Waals surface area contributed by atoms with Crippen LogP contribution in [0.4, 0.5) is 0 Å². The van der Waals surface area contributed by atoms with E-state index in [1.165, 1.54) is 31.5 Å². The summed E-state index contributed by atoms with van der Waals surface area (Å²) in [5, 5.41) is 35.9. The van der Waals surface area contributed by atoms with Crippen molar-refractivity contribution in [2.75, 3.05) is 20.2 Å². The first-order valence-corrected chi connectivity index (χ1v) is 14.8. The van der Waals surface area contributed by atoms with Crippen molar-refractivity contribution in [2.24, 2.45) is 17.2 Å². The molecule has 1 aliphatic carbocycles. The van der Waals surface area contributed by atoms with Crippen LogP contribution in [0.25, 0.3) is 0 Å². The van der Waals surface area contributed by atoms with Gasteiger partial charge in [-0.15, -0.1) is 0 Å². The SMILES string of the molecule is CN[C@H]1[C@H](O)[C@@H](O[C@H]2[C@H](O)[C@@H](O[C@H]3O[C@H](CN)CC[C@H]3N)[C@H](N)C[C@H]2NS(=O)(=O)c2cccnc2)OC[C@]1(C)O. The fourth-order valence-electron chi connectivity index (χ4n) is 5.54. The molecule has 0 spiro atoms. The highest BCUT2D eigenvalue weighted by molar-refractivity contribution is 7.89. The predicted octanol–water partition coefficient (Wildman–Crippen LogP) is -3.56. The highest BCUT2D eigenvalue weighted by Gasteiger charge is 2.52. The normalized spacial score (nSPS) is 43.0. The van der Waals surface area contributed by atoms with Crippen LogP contribution in [0.2, 0.25) is 0 Å². The minimum Gasteiger partial charge on any atom is -0.388 e. The third kappa shape index (κ3) is 6.81. The number of rotatable bonds is 9. The van der Waals surface area contributed by atoms with Gasteiger partial charge >= 0.3 is 0 Å². The quantitative estimate of drug-likeness (QED) is 0.139. The molecule has 2 saturated heterocycles. The average Bonchev–Trinajstić information content (AvgIpc) is 2.91. The van der Waals surface area contributed by atoms with Gasteiger partial charge in [0.25, 0.3) is 0 Å². The van der Waals surface area contributed by atoms with E-state index in [9.17, 15) is 23.7 Å². The molecule has 1 aromatic heterocycles. The lowest BCUT2D eigenvalue weighted by Gasteiger charge is -2.49. The highest BCUT2D eigenvalue weighted by Crippen LogP contribution is 2.32. The topological polar surface area (TPSA) is 247 Å². The molecule has 40 heavy (non-hydrogen) atoms. The third-order valence-electron chi connectivity index (χ3n) is 7.75. The Hall–Kier alpha value is -1.38. The maximum atomic E-state index is 13.2. The maximum Gasteiger partial charge on any atom is 0.242 e. The lowest BCUT2D eigenvalue weighted by atomic mass is 9.84. The predicted molar refractivity (Wildman–Crippen MR) is 141 cm³/mol. The van der Waals surface area contributed by atoms with E-state index in [1.807, 2.05) is 0 Å². The van der Waals surface area contributed by atoms with Crippen molar-refractivity contribution in [1.29, 1.82) is 0 Å². The van der Waals surface area contributed by atoms with Gasteiger partial charge < -0.3 is 56.8 Å². The first kappa shape index (κ1) is 31.6. The van der Waals surface area contributed by atoms with Crippen molar-refractivity contribution in [1.82, 2.24) is 15.0 Å². The van der Waals surface area contributed by atoms with Gasteiger partial charge in [-0.25, -0.2) is 13.1 Å². The Morgan fingerprint density at radius 3 is 2.52 bits per heavy atom.